The summed E-state index contributed by atoms with van der Waals surface area (Å²) < 4.78 is 4.96. The summed E-state index contributed by atoms with van der Waals surface area (Å²) in [4.78, 5) is 27.4. The van der Waals surface area contributed by atoms with Crippen molar-refractivity contribution in [3.8, 4) is 5.88 Å². The van der Waals surface area contributed by atoms with Crippen molar-refractivity contribution in [1.29, 1.82) is 0 Å². The predicted molar refractivity (Wildman–Crippen MR) is 89.3 cm³/mol. The minimum absolute atomic E-state index is 0.0930. The van der Waals surface area contributed by atoms with Gasteiger partial charge in [-0.05, 0) is 11.1 Å². The summed E-state index contributed by atoms with van der Waals surface area (Å²) in [6.45, 7) is 0.652. The van der Waals surface area contributed by atoms with Crippen molar-refractivity contribution in [3.63, 3.8) is 0 Å². The molecule has 0 aliphatic heterocycles. The number of urea groups is 1. The quantitative estimate of drug-likeness (QED) is 0.712. The van der Waals surface area contributed by atoms with E-state index in [-0.39, 0.29) is 18.5 Å². The molecule has 0 unspecified atom stereocenters. The number of pyridine rings is 1. The van der Waals surface area contributed by atoms with Gasteiger partial charge in [-0.3, -0.25) is 4.79 Å². The van der Waals surface area contributed by atoms with Crippen molar-refractivity contribution < 1.29 is 14.3 Å². The third-order valence-electron chi connectivity index (χ3n) is 3.20. The Morgan fingerprint density at radius 3 is 2.38 bits per heavy atom. The maximum absolute atomic E-state index is 11.7. The average molecular weight is 328 g/mol. The largest absolute Gasteiger partial charge is 0.481 e. The summed E-state index contributed by atoms with van der Waals surface area (Å²) in [5, 5.41) is 7.90. The molecule has 2 rings (SSSR count). The summed E-state index contributed by atoms with van der Waals surface area (Å²) in [6.07, 6.45) is 1.62. The molecule has 2 aromatic rings. The highest BCUT2D eigenvalue weighted by molar-refractivity contribution is 5.83. The Hall–Kier alpha value is -3.09. The molecule has 7 heteroatoms. The zero-order chi connectivity index (χ0) is 17.2. The molecule has 0 aliphatic carbocycles. The second-order valence-corrected chi connectivity index (χ2v) is 5.01. The van der Waals surface area contributed by atoms with Gasteiger partial charge in [0.15, 0.2) is 0 Å². The second kappa shape index (κ2) is 9.14. The van der Waals surface area contributed by atoms with Gasteiger partial charge in [-0.2, -0.15) is 0 Å². The topological polar surface area (TPSA) is 92.4 Å². The van der Waals surface area contributed by atoms with Crippen LogP contribution in [0.2, 0.25) is 0 Å². The molecule has 0 atom stereocenters. The van der Waals surface area contributed by atoms with Crippen LogP contribution < -0.4 is 20.7 Å². The van der Waals surface area contributed by atoms with Crippen LogP contribution in [-0.4, -0.2) is 30.6 Å². The Bertz CT molecular complexity index is 659. The molecule has 1 aromatic carbocycles. The van der Waals surface area contributed by atoms with Crippen molar-refractivity contribution in [2.24, 2.45) is 0 Å². The van der Waals surface area contributed by atoms with E-state index in [0.717, 1.165) is 11.1 Å². The van der Waals surface area contributed by atoms with Crippen LogP contribution in [0, 0.1) is 0 Å². The number of hydrogen-bond acceptors (Lipinski definition) is 4. The van der Waals surface area contributed by atoms with Crippen LogP contribution in [0.25, 0.3) is 0 Å². The highest BCUT2D eigenvalue weighted by Gasteiger charge is 2.05. The van der Waals surface area contributed by atoms with E-state index in [1.54, 1.807) is 12.3 Å². The van der Waals surface area contributed by atoms with Crippen LogP contribution in [0.3, 0.4) is 0 Å². The molecule has 0 fully saturated rings. The van der Waals surface area contributed by atoms with Crippen LogP contribution >= 0.6 is 0 Å². The number of carbonyl (C=O) groups excluding carboxylic acids is 2. The van der Waals surface area contributed by atoms with Gasteiger partial charge in [0.05, 0.1) is 13.7 Å². The normalized spacial score (nSPS) is 9.88. The summed E-state index contributed by atoms with van der Waals surface area (Å²) in [7, 11) is 1.54. The minimum atomic E-state index is -0.389. The Balaban J connectivity index is 1.64. The van der Waals surface area contributed by atoms with Crippen LogP contribution in [0.1, 0.15) is 11.1 Å². The Kier molecular flexibility index (Phi) is 6.58. The maximum atomic E-state index is 11.7. The zero-order valence-electron chi connectivity index (χ0n) is 13.4. The number of carbonyl (C=O) groups is 2. The van der Waals surface area contributed by atoms with Gasteiger partial charge < -0.3 is 20.7 Å². The van der Waals surface area contributed by atoms with Crippen LogP contribution in [0.15, 0.2) is 48.7 Å². The van der Waals surface area contributed by atoms with Crippen molar-refractivity contribution in [1.82, 2.24) is 20.9 Å². The minimum Gasteiger partial charge on any atom is -0.481 e. The maximum Gasteiger partial charge on any atom is 0.315 e. The van der Waals surface area contributed by atoms with Crippen molar-refractivity contribution in [2.45, 2.75) is 13.1 Å². The van der Waals surface area contributed by atoms with E-state index in [4.69, 9.17) is 4.74 Å². The first kappa shape index (κ1) is 17.3. The monoisotopic (exact) mass is 328 g/mol. The number of ether oxygens (including phenoxy) is 1. The molecule has 7 nitrogen and oxygen atoms in total. The van der Waals surface area contributed by atoms with E-state index < -0.39 is 0 Å². The van der Waals surface area contributed by atoms with Gasteiger partial charge in [-0.1, -0.05) is 36.4 Å². The predicted octanol–water partition coefficient (Wildman–Crippen LogP) is 1.21. The van der Waals surface area contributed by atoms with Gasteiger partial charge in [-0.25, -0.2) is 9.78 Å². The van der Waals surface area contributed by atoms with Crippen LogP contribution in [0.4, 0.5) is 4.79 Å². The Labute approximate surface area is 140 Å². The molecule has 3 amide bonds. The molecule has 0 saturated heterocycles. The lowest BCUT2D eigenvalue weighted by Crippen LogP contribution is -2.41. The van der Waals surface area contributed by atoms with Gasteiger partial charge in [0.25, 0.3) is 0 Å². The number of amides is 3. The molecule has 0 saturated carbocycles. The number of aromatic nitrogens is 1. The average Bonchev–Trinajstić information content (AvgIpc) is 2.64. The number of methoxy groups -OCH3 is 1. The molecule has 3 N–H and O–H groups in total. The molecular weight excluding hydrogens is 308 g/mol. The molecule has 1 heterocycles. The third-order valence-corrected chi connectivity index (χ3v) is 3.20. The summed E-state index contributed by atoms with van der Waals surface area (Å²) in [6, 6.07) is 12.7. The summed E-state index contributed by atoms with van der Waals surface area (Å²) >= 11 is 0. The molecule has 0 aliphatic rings. The van der Waals surface area contributed by atoms with Gasteiger partial charge >= 0.3 is 6.03 Å². The fourth-order valence-electron chi connectivity index (χ4n) is 1.90. The van der Waals surface area contributed by atoms with Gasteiger partial charge in [0.2, 0.25) is 11.8 Å². The number of rotatable bonds is 7. The second-order valence-electron chi connectivity index (χ2n) is 5.01. The van der Waals surface area contributed by atoms with Gasteiger partial charge in [0.1, 0.15) is 0 Å². The molecule has 0 spiro atoms. The fraction of sp³-hybridized carbons (Fsp3) is 0.235. The number of benzene rings is 1. The van der Waals surface area contributed by atoms with Gasteiger partial charge in [0, 0.05) is 25.4 Å². The first-order valence-corrected chi connectivity index (χ1v) is 7.48. The SMILES string of the molecule is COc1ccc(CNC(=O)CNC(=O)NCc2ccccc2)cn1. The van der Waals surface area contributed by atoms with E-state index in [1.807, 2.05) is 36.4 Å². The lowest BCUT2D eigenvalue weighted by Gasteiger charge is -2.09. The Morgan fingerprint density at radius 1 is 0.958 bits per heavy atom. The molecule has 126 valence electrons. The summed E-state index contributed by atoms with van der Waals surface area (Å²) in [5.74, 6) is 0.238. The molecule has 24 heavy (non-hydrogen) atoms. The van der Waals surface area contributed by atoms with E-state index in [9.17, 15) is 9.59 Å². The van der Waals surface area contributed by atoms with Crippen LogP contribution in [0.5, 0.6) is 5.88 Å². The lowest BCUT2D eigenvalue weighted by molar-refractivity contribution is -0.120. The fourth-order valence-corrected chi connectivity index (χ4v) is 1.90. The number of hydrogen-bond donors (Lipinski definition) is 3. The molecular formula is C17H20N4O3. The first-order valence-electron chi connectivity index (χ1n) is 7.48. The third kappa shape index (κ3) is 5.96. The van der Waals surface area contributed by atoms with E-state index in [2.05, 4.69) is 20.9 Å². The molecule has 0 bridgehead atoms. The Morgan fingerprint density at radius 2 is 1.71 bits per heavy atom. The highest BCUT2D eigenvalue weighted by atomic mass is 16.5. The van der Waals surface area contributed by atoms with E-state index in [1.165, 1.54) is 7.11 Å². The van der Waals surface area contributed by atoms with Crippen molar-refractivity contribution >= 4 is 11.9 Å². The first-order chi connectivity index (χ1) is 11.7. The highest BCUT2D eigenvalue weighted by Crippen LogP contribution is 2.05. The molecule has 1 aromatic heterocycles. The van der Waals surface area contributed by atoms with Crippen LogP contribution in [-0.2, 0) is 17.9 Å². The zero-order valence-corrected chi connectivity index (χ0v) is 13.4. The number of nitrogens with one attached hydrogen (secondary N) is 3. The summed E-state index contributed by atoms with van der Waals surface area (Å²) in [5.41, 5.74) is 1.83. The van der Waals surface area contributed by atoms with E-state index in [0.29, 0.717) is 19.0 Å². The van der Waals surface area contributed by atoms with E-state index >= 15 is 0 Å². The van der Waals surface area contributed by atoms with Gasteiger partial charge in [-0.15, -0.1) is 0 Å². The standard InChI is InChI=1S/C17H20N4O3/c1-24-16-8-7-14(11-19-16)10-18-15(22)12-21-17(23)20-9-13-5-3-2-4-6-13/h2-8,11H,9-10,12H2,1H3,(H,18,22)(H2,20,21,23). The lowest BCUT2D eigenvalue weighted by atomic mass is 10.2. The molecule has 0 radical (unpaired) electrons. The van der Waals surface area contributed by atoms with Crippen molar-refractivity contribution in [3.05, 3.63) is 59.8 Å². The number of nitrogens with zero attached hydrogens (tertiary/aromatic N) is 1. The van der Waals surface area contributed by atoms with Crippen molar-refractivity contribution in [2.75, 3.05) is 13.7 Å². The smallest absolute Gasteiger partial charge is 0.315 e.